The van der Waals surface area contributed by atoms with Gasteiger partial charge < -0.3 is 14.5 Å². The molecule has 1 aliphatic heterocycles. The molecule has 1 aromatic heterocycles. The highest BCUT2D eigenvalue weighted by molar-refractivity contribution is 7.89. The Balaban J connectivity index is 1.60. The van der Waals surface area contributed by atoms with Crippen molar-refractivity contribution in [3.8, 4) is 5.75 Å². The van der Waals surface area contributed by atoms with Crippen molar-refractivity contribution in [2.24, 2.45) is 0 Å². The third-order valence-corrected chi connectivity index (χ3v) is 6.57. The molecular weight excluding hydrogens is 394 g/mol. The minimum absolute atomic E-state index is 0.0677. The van der Waals surface area contributed by atoms with Crippen molar-refractivity contribution < 1.29 is 22.4 Å². The molecule has 0 saturated carbocycles. The van der Waals surface area contributed by atoms with Gasteiger partial charge in [0, 0.05) is 6.54 Å². The molecule has 2 N–H and O–H groups in total. The van der Waals surface area contributed by atoms with E-state index in [1.165, 1.54) is 26.2 Å². The van der Waals surface area contributed by atoms with Gasteiger partial charge >= 0.3 is 0 Å². The molecule has 2 heterocycles. The summed E-state index contributed by atoms with van der Waals surface area (Å²) in [5, 5.41) is 2.85. The van der Waals surface area contributed by atoms with Gasteiger partial charge in [-0.3, -0.25) is 9.69 Å². The molecule has 2 aromatic rings. The monoisotopic (exact) mass is 421 g/mol. The van der Waals surface area contributed by atoms with Crippen molar-refractivity contribution in [3.05, 3.63) is 48.4 Å². The number of sulfonamides is 1. The highest BCUT2D eigenvalue weighted by Crippen LogP contribution is 2.25. The first-order valence-electron chi connectivity index (χ1n) is 9.62. The first-order valence-corrected chi connectivity index (χ1v) is 11.1. The molecule has 1 aliphatic rings. The predicted octanol–water partition coefficient (Wildman–Crippen LogP) is 1.91. The lowest BCUT2D eigenvalue weighted by molar-refractivity contribution is -0.122. The highest BCUT2D eigenvalue weighted by Gasteiger charge is 2.27. The minimum atomic E-state index is -3.82. The van der Waals surface area contributed by atoms with Crippen molar-refractivity contribution in [3.63, 3.8) is 0 Å². The fourth-order valence-corrected chi connectivity index (χ4v) is 4.61. The second kappa shape index (κ2) is 9.43. The highest BCUT2D eigenvalue weighted by atomic mass is 32.2. The Labute approximate surface area is 171 Å². The SMILES string of the molecule is COc1ccc(S(=O)(=O)N[C@@H](C)C(=O)NCC(c2ccco2)N2CCCC2)cc1. The first kappa shape index (κ1) is 21.4. The van der Waals surface area contributed by atoms with E-state index in [1.807, 2.05) is 12.1 Å². The van der Waals surface area contributed by atoms with Crippen LogP contribution in [0.2, 0.25) is 0 Å². The molecule has 0 aliphatic carbocycles. The van der Waals surface area contributed by atoms with Gasteiger partial charge in [0.25, 0.3) is 0 Å². The fourth-order valence-electron chi connectivity index (χ4n) is 3.40. The number of benzene rings is 1. The maximum absolute atomic E-state index is 12.5. The summed E-state index contributed by atoms with van der Waals surface area (Å²) in [6.07, 6.45) is 3.85. The number of methoxy groups -OCH3 is 1. The number of carbonyl (C=O) groups excluding carboxylic acids is 1. The number of hydrogen-bond acceptors (Lipinski definition) is 6. The van der Waals surface area contributed by atoms with Crippen LogP contribution >= 0.6 is 0 Å². The van der Waals surface area contributed by atoms with Crippen LogP contribution in [0.3, 0.4) is 0 Å². The van der Waals surface area contributed by atoms with Crippen LogP contribution in [0.1, 0.15) is 31.6 Å². The Morgan fingerprint density at radius 2 is 1.90 bits per heavy atom. The molecular formula is C20H27N3O5S. The summed E-state index contributed by atoms with van der Waals surface area (Å²) in [6.45, 7) is 3.76. The van der Waals surface area contributed by atoms with Gasteiger partial charge in [-0.2, -0.15) is 4.72 Å². The van der Waals surface area contributed by atoms with Gasteiger partial charge in [-0.1, -0.05) is 0 Å². The van der Waals surface area contributed by atoms with E-state index >= 15 is 0 Å². The summed E-state index contributed by atoms with van der Waals surface area (Å²) < 4.78 is 38.1. The molecule has 8 nitrogen and oxygen atoms in total. The van der Waals surface area contributed by atoms with Gasteiger partial charge in [0.2, 0.25) is 15.9 Å². The van der Waals surface area contributed by atoms with E-state index in [1.54, 1.807) is 18.4 Å². The quantitative estimate of drug-likeness (QED) is 0.641. The topological polar surface area (TPSA) is 101 Å². The summed E-state index contributed by atoms with van der Waals surface area (Å²) in [6, 6.07) is 8.72. The van der Waals surface area contributed by atoms with Crippen molar-refractivity contribution in [2.45, 2.75) is 36.7 Å². The average Bonchev–Trinajstić information content (AvgIpc) is 3.42. The van der Waals surface area contributed by atoms with E-state index < -0.39 is 22.0 Å². The molecule has 0 radical (unpaired) electrons. The maximum atomic E-state index is 12.5. The molecule has 1 amide bonds. The van der Waals surface area contributed by atoms with Crippen LogP contribution in [0.5, 0.6) is 5.75 Å². The number of nitrogens with one attached hydrogen (secondary N) is 2. The molecule has 2 atom stereocenters. The van der Waals surface area contributed by atoms with Gasteiger partial charge in [-0.15, -0.1) is 0 Å². The summed E-state index contributed by atoms with van der Waals surface area (Å²) >= 11 is 0. The number of likely N-dealkylation sites (tertiary alicyclic amines) is 1. The number of nitrogens with zero attached hydrogens (tertiary/aromatic N) is 1. The molecule has 1 aromatic carbocycles. The van der Waals surface area contributed by atoms with E-state index in [2.05, 4.69) is 14.9 Å². The van der Waals surface area contributed by atoms with Crippen molar-refractivity contribution in [1.82, 2.24) is 14.9 Å². The lowest BCUT2D eigenvalue weighted by Crippen LogP contribution is -2.47. The van der Waals surface area contributed by atoms with Gasteiger partial charge in [-0.25, -0.2) is 8.42 Å². The number of ether oxygens (including phenoxy) is 1. The minimum Gasteiger partial charge on any atom is -0.497 e. The molecule has 1 unspecified atom stereocenters. The zero-order valence-corrected chi connectivity index (χ0v) is 17.4. The van der Waals surface area contributed by atoms with Crippen LogP contribution in [0, 0.1) is 0 Å². The zero-order chi connectivity index (χ0) is 20.9. The van der Waals surface area contributed by atoms with Crippen molar-refractivity contribution in [2.75, 3.05) is 26.7 Å². The molecule has 158 valence electrons. The summed E-state index contributed by atoms with van der Waals surface area (Å²) in [4.78, 5) is 14.9. The fraction of sp³-hybridized carbons (Fsp3) is 0.450. The van der Waals surface area contributed by atoms with Crippen LogP contribution in [0.25, 0.3) is 0 Å². The average molecular weight is 422 g/mol. The largest absolute Gasteiger partial charge is 0.497 e. The summed E-state index contributed by atoms with van der Waals surface area (Å²) in [5.74, 6) is 0.956. The molecule has 3 rings (SSSR count). The normalized spacial score (nSPS) is 17.0. The Hall–Kier alpha value is -2.36. The van der Waals surface area contributed by atoms with E-state index in [0.717, 1.165) is 31.7 Å². The van der Waals surface area contributed by atoms with Gasteiger partial charge in [-0.05, 0) is 69.3 Å². The second-order valence-electron chi connectivity index (χ2n) is 7.04. The maximum Gasteiger partial charge on any atom is 0.241 e. The van der Waals surface area contributed by atoms with E-state index in [9.17, 15) is 13.2 Å². The van der Waals surface area contributed by atoms with Gasteiger partial charge in [0.15, 0.2) is 0 Å². The van der Waals surface area contributed by atoms with E-state index in [-0.39, 0.29) is 10.9 Å². The molecule has 29 heavy (non-hydrogen) atoms. The number of carbonyl (C=O) groups is 1. The van der Waals surface area contributed by atoms with Crippen LogP contribution in [-0.4, -0.2) is 52.0 Å². The van der Waals surface area contributed by atoms with Gasteiger partial charge in [0.05, 0.1) is 30.4 Å². The standard InChI is InChI=1S/C20H27N3O5S/c1-15(22-29(25,26)17-9-7-16(27-2)8-10-17)20(24)21-14-18(19-6-5-13-28-19)23-11-3-4-12-23/h5-10,13,15,18,22H,3-4,11-12,14H2,1-2H3,(H,21,24)/t15-,18?/m0/s1. The van der Waals surface area contributed by atoms with Crippen LogP contribution in [0.4, 0.5) is 0 Å². The Kier molecular flexibility index (Phi) is 6.94. The lowest BCUT2D eigenvalue weighted by atomic mass is 10.2. The summed E-state index contributed by atoms with van der Waals surface area (Å²) in [7, 11) is -2.32. The predicted molar refractivity (Wildman–Crippen MR) is 108 cm³/mol. The number of rotatable bonds is 9. The Bertz CT molecular complexity index is 891. The molecule has 1 saturated heterocycles. The smallest absolute Gasteiger partial charge is 0.241 e. The van der Waals surface area contributed by atoms with Gasteiger partial charge in [0.1, 0.15) is 11.5 Å². The zero-order valence-electron chi connectivity index (χ0n) is 16.6. The first-order chi connectivity index (χ1) is 13.9. The Morgan fingerprint density at radius 1 is 1.21 bits per heavy atom. The van der Waals surface area contributed by atoms with E-state index in [0.29, 0.717) is 12.3 Å². The molecule has 0 bridgehead atoms. The van der Waals surface area contributed by atoms with E-state index in [4.69, 9.17) is 9.15 Å². The number of amides is 1. The molecule has 1 fully saturated rings. The number of hydrogen-bond donors (Lipinski definition) is 2. The third-order valence-electron chi connectivity index (χ3n) is 5.02. The molecule has 9 heteroatoms. The molecule has 0 spiro atoms. The van der Waals surface area contributed by atoms with Crippen molar-refractivity contribution in [1.29, 1.82) is 0 Å². The Morgan fingerprint density at radius 3 is 2.48 bits per heavy atom. The second-order valence-corrected chi connectivity index (χ2v) is 8.75. The van der Waals surface area contributed by atoms with Crippen LogP contribution in [-0.2, 0) is 14.8 Å². The van der Waals surface area contributed by atoms with Crippen LogP contribution < -0.4 is 14.8 Å². The van der Waals surface area contributed by atoms with Crippen molar-refractivity contribution >= 4 is 15.9 Å². The summed E-state index contributed by atoms with van der Waals surface area (Å²) in [5.41, 5.74) is 0. The number of furan rings is 1. The third kappa shape index (κ3) is 5.37. The van der Waals surface area contributed by atoms with Crippen LogP contribution in [0.15, 0.2) is 52.0 Å². The lowest BCUT2D eigenvalue weighted by Gasteiger charge is -2.26.